The first kappa shape index (κ1) is 8.48. The maximum atomic E-state index is 5.65. The van der Waals surface area contributed by atoms with Crippen LogP contribution in [0.3, 0.4) is 0 Å². The number of nitrogens with one attached hydrogen (secondary N) is 1. The first-order chi connectivity index (χ1) is 5.80. The Bertz CT molecular complexity index is 174. The summed E-state index contributed by atoms with van der Waals surface area (Å²) in [6, 6.07) is 0. The van der Waals surface area contributed by atoms with Crippen LogP contribution in [0.15, 0.2) is 0 Å². The Kier molecular flexibility index (Phi) is 2.10. The molecule has 2 unspecified atom stereocenters. The van der Waals surface area contributed by atoms with Crippen LogP contribution in [0.4, 0.5) is 0 Å². The van der Waals surface area contributed by atoms with E-state index in [-0.39, 0.29) is 5.60 Å². The van der Waals surface area contributed by atoms with Crippen molar-refractivity contribution in [3.63, 3.8) is 0 Å². The predicted octanol–water partition coefficient (Wildman–Crippen LogP) is -0.0735. The first-order valence-electron chi connectivity index (χ1n) is 4.79. The summed E-state index contributed by atoms with van der Waals surface area (Å²) in [5.74, 6) is 0.711. The van der Waals surface area contributed by atoms with Crippen molar-refractivity contribution < 1.29 is 4.74 Å². The molecule has 12 heavy (non-hydrogen) atoms. The van der Waals surface area contributed by atoms with E-state index < -0.39 is 0 Å². The standard InChI is InChI=1S/C9H18N2O/c1-3-11-5-8-4-10-6-9(8,7-11)12-2/h8,10H,3-7H2,1-2H3. The molecule has 0 bridgehead atoms. The summed E-state index contributed by atoms with van der Waals surface area (Å²) < 4.78 is 5.65. The van der Waals surface area contributed by atoms with Crippen LogP contribution < -0.4 is 5.32 Å². The molecular weight excluding hydrogens is 152 g/mol. The quantitative estimate of drug-likeness (QED) is 0.627. The smallest absolute Gasteiger partial charge is 0.0980 e. The van der Waals surface area contributed by atoms with Gasteiger partial charge in [0, 0.05) is 39.2 Å². The minimum atomic E-state index is 0.135. The number of nitrogens with zero attached hydrogens (tertiary/aromatic N) is 1. The first-order valence-corrected chi connectivity index (χ1v) is 4.79. The zero-order valence-electron chi connectivity index (χ0n) is 7.97. The van der Waals surface area contributed by atoms with Gasteiger partial charge in [0.1, 0.15) is 0 Å². The van der Waals surface area contributed by atoms with Gasteiger partial charge in [0.05, 0.1) is 5.60 Å². The van der Waals surface area contributed by atoms with E-state index in [1.807, 2.05) is 7.11 Å². The number of rotatable bonds is 2. The second-order valence-corrected chi connectivity index (χ2v) is 3.92. The molecular formula is C9H18N2O. The molecule has 0 spiro atoms. The van der Waals surface area contributed by atoms with Crippen LogP contribution in [0, 0.1) is 5.92 Å². The van der Waals surface area contributed by atoms with E-state index in [4.69, 9.17) is 4.74 Å². The van der Waals surface area contributed by atoms with E-state index in [2.05, 4.69) is 17.1 Å². The molecule has 2 rings (SSSR count). The highest BCUT2D eigenvalue weighted by atomic mass is 16.5. The zero-order valence-corrected chi connectivity index (χ0v) is 7.97. The van der Waals surface area contributed by atoms with Crippen molar-refractivity contribution in [3.8, 4) is 0 Å². The molecule has 0 aromatic carbocycles. The molecule has 2 fully saturated rings. The van der Waals surface area contributed by atoms with Gasteiger partial charge in [0.15, 0.2) is 0 Å². The Labute approximate surface area is 74.1 Å². The molecule has 0 aliphatic carbocycles. The number of likely N-dealkylation sites (N-methyl/N-ethyl adjacent to an activating group) is 1. The summed E-state index contributed by atoms with van der Waals surface area (Å²) in [5, 5.41) is 3.41. The number of fused-ring (bicyclic) bond motifs is 1. The second kappa shape index (κ2) is 2.98. The van der Waals surface area contributed by atoms with Crippen molar-refractivity contribution in [2.75, 3.05) is 39.8 Å². The average molecular weight is 170 g/mol. The SMILES string of the molecule is CCN1CC2CNCC2(OC)C1. The summed E-state index contributed by atoms with van der Waals surface area (Å²) in [6.07, 6.45) is 0. The largest absolute Gasteiger partial charge is 0.375 e. The van der Waals surface area contributed by atoms with Gasteiger partial charge in [-0.25, -0.2) is 0 Å². The lowest BCUT2D eigenvalue weighted by molar-refractivity contribution is -0.00541. The molecule has 70 valence electrons. The maximum absolute atomic E-state index is 5.65. The Morgan fingerprint density at radius 3 is 3.08 bits per heavy atom. The Morgan fingerprint density at radius 1 is 1.67 bits per heavy atom. The predicted molar refractivity (Wildman–Crippen MR) is 48.2 cm³/mol. The monoisotopic (exact) mass is 170 g/mol. The average Bonchev–Trinajstić information content (AvgIpc) is 2.58. The minimum Gasteiger partial charge on any atom is -0.375 e. The third-order valence-corrected chi connectivity index (χ3v) is 3.38. The maximum Gasteiger partial charge on any atom is 0.0980 e. The molecule has 0 radical (unpaired) electrons. The fourth-order valence-corrected chi connectivity index (χ4v) is 2.50. The van der Waals surface area contributed by atoms with E-state index >= 15 is 0 Å². The molecule has 2 heterocycles. The van der Waals surface area contributed by atoms with Gasteiger partial charge in [-0.3, -0.25) is 0 Å². The fraction of sp³-hybridized carbons (Fsp3) is 1.00. The molecule has 3 nitrogen and oxygen atoms in total. The van der Waals surface area contributed by atoms with Crippen molar-refractivity contribution >= 4 is 0 Å². The zero-order chi connectivity index (χ0) is 8.60. The van der Waals surface area contributed by atoms with Gasteiger partial charge in [-0.05, 0) is 6.54 Å². The van der Waals surface area contributed by atoms with Crippen molar-refractivity contribution in [2.24, 2.45) is 5.92 Å². The van der Waals surface area contributed by atoms with Gasteiger partial charge in [-0.1, -0.05) is 6.92 Å². The molecule has 2 atom stereocenters. The summed E-state index contributed by atoms with van der Waals surface area (Å²) in [5.41, 5.74) is 0.135. The molecule has 2 saturated heterocycles. The molecule has 2 aliphatic rings. The summed E-state index contributed by atoms with van der Waals surface area (Å²) >= 11 is 0. The molecule has 0 aromatic heterocycles. The lowest BCUT2D eigenvalue weighted by Crippen LogP contribution is -2.41. The fourth-order valence-electron chi connectivity index (χ4n) is 2.50. The second-order valence-electron chi connectivity index (χ2n) is 3.92. The topological polar surface area (TPSA) is 24.5 Å². The number of methoxy groups -OCH3 is 1. The number of hydrogen-bond donors (Lipinski definition) is 1. The number of hydrogen-bond acceptors (Lipinski definition) is 3. The lowest BCUT2D eigenvalue weighted by atomic mass is 9.95. The Hall–Kier alpha value is -0.120. The number of ether oxygens (including phenoxy) is 1. The van der Waals surface area contributed by atoms with E-state index in [0.717, 1.165) is 26.2 Å². The number of likely N-dealkylation sites (tertiary alicyclic amines) is 1. The third kappa shape index (κ3) is 1.08. The van der Waals surface area contributed by atoms with Gasteiger partial charge in [0.25, 0.3) is 0 Å². The van der Waals surface area contributed by atoms with Crippen LogP contribution in [0.1, 0.15) is 6.92 Å². The van der Waals surface area contributed by atoms with Crippen LogP contribution in [-0.2, 0) is 4.74 Å². The summed E-state index contributed by atoms with van der Waals surface area (Å²) in [6.45, 7) is 7.85. The lowest BCUT2D eigenvalue weighted by Gasteiger charge is -2.26. The van der Waals surface area contributed by atoms with Gasteiger partial charge in [-0.2, -0.15) is 0 Å². The van der Waals surface area contributed by atoms with Crippen LogP contribution in [-0.4, -0.2) is 50.3 Å². The summed E-state index contributed by atoms with van der Waals surface area (Å²) in [7, 11) is 1.85. The molecule has 0 amide bonds. The van der Waals surface area contributed by atoms with E-state index in [0.29, 0.717) is 5.92 Å². The van der Waals surface area contributed by atoms with E-state index in [9.17, 15) is 0 Å². The molecule has 3 heteroatoms. The van der Waals surface area contributed by atoms with Gasteiger partial charge in [0.2, 0.25) is 0 Å². The molecule has 2 aliphatic heterocycles. The van der Waals surface area contributed by atoms with Gasteiger partial charge < -0.3 is 15.0 Å². The molecule has 1 N–H and O–H groups in total. The van der Waals surface area contributed by atoms with Crippen molar-refractivity contribution in [3.05, 3.63) is 0 Å². The van der Waals surface area contributed by atoms with Gasteiger partial charge >= 0.3 is 0 Å². The summed E-state index contributed by atoms with van der Waals surface area (Å²) in [4.78, 5) is 2.48. The van der Waals surface area contributed by atoms with Crippen LogP contribution >= 0.6 is 0 Å². The Balaban J connectivity index is 2.09. The van der Waals surface area contributed by atoms with Crippen molar-refractivity contribution in [2.45, 2.75) is 12.5 Å². The van der Waals surface area contributed by atoms with Crippen molar-refractivity contribution in [1.82, 2.24) is 10.2 Å². The highest BCUT2D eigenvalue weighted by Crippen LogP contribution is 2.33. The normalized spacial score (nSPS) is 42.0. The molecule has 0 saturated carbocycles. The third-order valence-electron chi connectivity index (χ3n) is 3.38. The van der Waals surface area contributed by atoms with E-state index in [1.54, 1.807) is 0 Å². The van der Waals surface area contributed by atoms with Crippen LogP contribution in [0.2, 0.25) is 0 Å². The highest BCUT2D eigenvalue weighted by molar-refractivity contribution is 5.04. The van der Waals surface area contributed by atoms with E-state index in [1.165, 1.54) is 6.54 Å². The van der Waals surface area contributed by atoms with Crippen LogP contribution in [0.5, 0.6) is 0 Å². The van der Waals surface area contributed by atoms with Crippen molar-refractivity contribution in [1.29, 1.82) is 0 Å². The minimum absolute atomic E-state index is 0.135. The molecule has 0 aromatic rings. The van der Waals surface area contributed by atoms with Crippen LogP contribution in [0.25, 0.3) is 0 Å². The van der Waals surface area contributed by atoms with Gasteiger partial charge in [-0.15, -0.1) is 0 Å². The highest BCUT2D eigenvalue weighted by Gasteiger charge is 2.49. The Morgan fingerprint density at radius 2 is 2.50 bits per heavy atom.